The molecule has 2 rings (SSSR count). The number of nitro groups is 1. The normalized spacial score (nSPS) is 11.2. The molecule has 0 aliphatic carbocycles. The van der Waals surface area contributed by atoms with Crippen LogP contribution in [0.15, 0.2) is 36.4 Å². The summed E-state index contributed by atoms with van der Waals surface area (Å²) in [6, 6.07) is 8.94. The number of carbonyl (C=O) groups is 2. The highest BCUT2D eigenvalue weighted by atomic mass is 16.6. The first-order valence-electron chi connectivity index (χ1n) is 8.82. The zero-order valence-electron chi connectivity index (χ0n) is 17.0. The number of anilines is 1. The summed E-state index contributed by atoms with van der Waals surface area (Å²) in [4.78, 5) is 35.2. The van der Waals surface area contributed by atoms with E-state index in [1.165, 1.54) is 46.5 Å². The lowest BCUT2D eigenvalue weighted by Gasteiger charge is -2.15. The molecule has 160 valence electrons. The van der Waals surface area contributed by atoms with Crippen molar-refractivity contribution in [2.24, 2.45) is 0 Å². The molecule has 1 N–H and O–H groups in total. The number of esters is 1. The summed E-state index contributed by atoms with van der Waals surface area (Å²) in [5.41, 5.74) is 0.177. The lowest BCUT2D eigenvalue weighted by atomic mass is 10.1. The maximum Gasteiger partial charge on any atom is 0.311 e. The van der Waals surface area contributed by atoms with Crippen molar-refractivity contribution < 1.29 is 33.5 Å². The van der Waals surface area contributed by atoms with Crippen LogP contribution in [0, 0.1) is 10.1 Å². The topological polar surface area (TPSA) is 126 Å². The molecule has 0 spiro atoms. The molecule has 0 unspecified atom stereocenters. The van der Waals surface area contributed by atoms with E-state index in [9.17, 15) is 19.7 Å². The van der Waals surface area contributed by atoms with Gasteiger partial charge in [0.05, 0.1) is 38.7 Å². The third-order valence-electron chi connectivity index (χ3n) is 4.17. The van der Waals surface area contributed by atoms with Crippen LogP contribution in [0.25, 0.3) is 0 Å². The Balaban J connectivity index is 2.04. The monoisotopic (exact) mass is 418 g/mol. The van der Waals surface area contributed by atoms with Crippen molar-refractivity contribution in [1.82, 2.24) is 0 Å². The highest BCUT2D eigenvalue weighted by Crippen LogP contribution is 2.29. The predicted molar refractivity (Wildman–Crippen MR) is 107 cm³/mol. The van der Waals surface area contributed by atoms with Gasteiger partial charge in [-0.3, -0.25) is 19.7 Å². The molecule has 0 bridgehead atoms. The Labute approximate surface area is 172 Å². The van der Waals surface area contributed by atoms with Crippen LogP contribution in [0.1, 0.15) is 12.5 Å². The lowest BCUT2D eigenvalue weighted by molar-refractivity contribution is -0.384. The molecule has 0 saturated heterocycles. The summed E-state index contributed by atoms with van der Waals surface area (Å²) in [7, 11) is 4.34. The summed E-state index contributed by atoms with van der Waals surface area (Å²) in [5, 5.41) is 13.6. The molecule has 10 nitrogen and oxygen atoms in total. The van der Waals surface area contributed by atoms with Gasteiger partial charge in [-0.05, 0) is 25.1 Å². The van der Waals surface area contributed by atoms with Crippen molar-refractivity contribution in [1.29, 1.82) is 0 Å². The number of nitro benzene ring substituents is 1. The Hall–Kier alpha value is -3.82. The van der Waals surface area contributed by atoms with E-state index < -0.39 is 22.9 Å². The number of nitrogens with one attached hydrogen (secondary N) is 1. The van der Waals surface area contributed by atoms with E-state index >= 15 is 0 Å². The number of benzene rings is 2. The smallest absolute Gasteiger partial charge is 0.311 e. The van der Waals surface area contributed by atoms with Crippen LogP contribution in [0.3, 0.4) is 0 Å². The van der Waals surface area contributed by atoms with Gasteiger partial charge < -0.3 is 24.3 Å². The lowest BCUT2D eigenvalue weighted by Crippen LogP contribution is -2.30. The van der Waals surface area contributed by atoms with Gasteiger partial charge in [-0.25, -0.2) is 0 Å². The highest BCUT2D eigenvalue weighted by Gasteiger charge is 2.23. The van der Waals surface area contributed by atoms with Crippen molar-refractivity contribution in [3.05, 3.63) is 52.1 Å². The SMILES string of the molecule is COc1ccc(CC(=O)O[C@H](C)C(=O)Nc2ccc(OC)cc2[N+](=O)[O-])c(OC)c1. The molecule has 30 heavy (non-hydrogen) atoms. The number of nitrogens with zero attached hydrogens (tertiary/aromatic N) is 1. The van der Waals surface area contributed by atoms with Gasteiger partial charge in [0.2, 0.25) is 0 Å². The van der Waals surface area contributed by atoms with Crippen LogP contribution in [-0.2, 0) is 20.7 Å². The predicted octanol–water partition coefficient (Wildman–Crippen LogP) is 2.73. The minimum absolute atomic E-state index is 0.0366. The molecule has 0 aliphatic heterocycles. The first kappa shape index (κ1) is 22.5. The summed E-state index contributed by atoms with van der Waals surface area (Å²) in [6.07, 6.45) is -1.31. The highest BCUT2D eigenvalue weighted by molar-refractivity contribution is 5.97. The van der Waals surface area contributed by atoms with Crippen LogP contribution in [0.4, 0.5) is 11.4 Å². The van der Waals surface area contributed by atoms with E-state index in [1.807, 2.05) is 0 Å². The third-order valence-corrected chi connectivity index (χ3v) is 4.17. The zero-order valence-corrected chi connectivity index (χ0v) is 17.0. The second kappa shape index (κ2) is 10.1. The molecule has 0 saturated carbocycles. The number of hydrogen-bond acceptors (Lipinski definition) is 8. The number of ether oxygens (including phenoxy) is 4. The molecular formula is C20H22N2O8. The number of hydrogen-bond donors (Lipinski definition) is 1. The minimum atomic E-state index is -1.18. The molecule has 0 fully saturated rings. The van der Waals surface area contributed by atoms with Gasteiger partial charge >= 0.3 is 5.97 Å². The fraction of sp³-hybridized carbons (Fsp3) is 0.300. The number of amides is 1. The first-order valence-corrected chi connectivity index (χ1v) is 8.82. The maximum atomic E-state index is 12.4. The quantitative estimate of drug-likeness (QED) is 0.374. The van der Waals surface area contributed by atoms with Gasteiger partial charge in [-0.15, -0.1) is 0 Å². The molecule has 0 radical (unpaired) electrons. The van der Waals surface area contributed by atoms with Gasteiger partial charge in [-0.2, -0.15) is 0 Å². The van der Waals surface area contributed by atoms with E-state index in [2.05, 4.69) is 5.32 Å². The van der Waals surface area contributed by atoms with Gasteiger partial charge in [0.25, 0.3) is 11.6 Å². The maximum absolute atomic E-state index is 12.4. The fourth-order valence-corrected chi connectivity index (χ4v) is 2.58. The van der Waals surface area contributed by atoms with Crippen LogP contribution in [0.5, 0.6) is 17.2 Å². The molecule has 10 heteroatoms. The summed E-state index contributed by atoms with van der Waals surface area (Å²) < 4.78 is 20.4. The Morgan fingerprint density at radius 1 is 1.03 bits per heavy atom. The van der Waals surface area contributed by atoms with Crippen molar-refractivity contribution in [2.45, 2.75) is 19.4 Å². The van der Waals surface area contributed by atoms with Crippen LogP contribution < -0.4 is 19.5 Å². The molecule has 2 aromatic rings. The Morgan fingerprint density at radius 3 is 2.27 bits per heavy atom. The minimum Gasteiger partial charge on any atom is -0.497 e. The van der Waals surface area contributed by atoms with Crippen molar-refractivity contribution in [2.75, 3.05) is 26.6 Å². The van der Waals surface area contributed by atoms with E-state index in [0.29, 0.717) is 17.1 Å². The third kappa shape index (κ3) is 5.60. The Kier molecular flexibility index (Phi) is 7.56. The summed E-state index contributed by atoms with van der Waals surface area (Å²) in [6.45, 7) is 1.37. The molecule has 0 aromatic heterocycles. The van der Waals surface area contributed by atoms with Crippen LogP contribution >= 0.6 is 0 Å². The van der Waals surface area contributed by atoms with Crippen LogP contribution in [0.2, 0.25) is 0 Å². The second-order valence-corrected chi connectivity index (χ2v) is 6.12. The molecule has 2 aromatic carbocycles. The average molecular weight is 418 g/mol. The molecule has 1 amide bonds. The molecule has 0 heterocycles. The summed E-state index contributed by atoms with van der Waals surface area (Å²) >= 11 is 0. The first-order chi connectivity index (χ1) is 14.3. The molecule has 0 aliphatic rings. The zero-order chi connectivity index (χ0) is 22.3. The number of methoxy groups -OCH3 is 3. The van der Waals surface area contributed by atoms with E-state index in [1.54, 1.807) is 18.2 Å². The average Bonchev–Trinajstić information content (AvgIpc) is 2.73. The van der Waals surface area contributed by atoms with E-state index in [-0.39, 0.29) is 23.5 Å². The number of carbonyl (C=O) groups excluding carboxylic acids is 2. The van der Waals surface area contributed by atoms with E-state index in [0.717, 1.165) is 0 Å². The van der Waals surface area contributed by atoms with E-state index in [4.69, 9.17) is 18.9 Å². The van der Waals surface area contributed by atoms with Crippen molar-refractivity contribution >= 4 is 23.3 Å². The van der Waals surface area contributed by atoms with Gasteiger partial charge in [-0.1, -0.05) is 6.07 Å². The second-order valence-electron chi connectivity index (χ2n) is 6.12. The molecular weight excluding hydrogens is 396 g/mol. The van der Waals surface area contributed by atoms with Gasteiger partial charge in [0.15, 0.2) is 6.10 Å². The molecule has 1 atom stereocenters. The van der Waals surface area contributed by atoms with Gasteiger partial charge in [0.1, 0.15) is 22.9 Å². The summed E-state index contributed by atoms with van der Waals surface area (Å²) in [5.74, 6) is -0.0914. The van der Waals surface area contributed by atoms with Gasteiger partial charge in [0, 0.05) is 11.6 Å². The van der Waals surface area contributed by atoms with Crippen molar-refractivity contribution in [3.8, 4) is 17.2 Å². The Bertz CT molecular complexity index is 944. The Morgan fingerprint density at radius 2 is 1.67 bits per heavy atom. The fourth-order valence-electron chi connectivity index (χ4n) is 2.58. The van der Waals surface area contributed by atoms with Crippen LogP contribution in [-0.4, -0.2) is 44.2 Å². The standard InChI is InChI=1S/C20H22N2O8/c1-12(20(24)21-16-8-7-14(27-2)10-17(16)22(25)26)30-19(23)9-13-5-6-15(28-3)11-18(13)29-4/h5-8,10-12H,9H2,1-4H3,(H,21,24)/t12-/m1/s1. The largest absolute Gasteiger partial charge is 0.497 e. The number of rotatable bonds is 9. The van der Waals surface area contributed by atoms with Crippen molar-refractivity contribution in [3.63, 3.8) is 0 Å².